The summed E-state index contributed by atoms with van der Waals surface area (Å²) in [5.74, 6) is 0.116. The number of nitrogens with two attached hydrogens (primary N) is 1. The first kappa shape index (κ1) is 12.5. The van der Waals surface area contributed by atoms with E-state index in [2.05, 4.69) is 35.1 Å². The average Bonchev–Trinajstić information content (AvgIpc) is 2.18. The van der Waals surface area contributed by atoms with Crippen LogP contribution in [-0.2, 0) is 0 Å². The van der Waals surface area contributed by atoms with Gasteiger partial charge in [-0.2, -0.15) is 0 Å². The Hall–Kier alpha value is -0.610. The van der Waals surface area contributed by atoms with E-state index in [0.29, 0.717) is 18.2 Å². The molecule has 0 aromatic heterocycles. The van der Waals surface area contributed by atoms with E-state index < -0.39 is 0 Å². The lowest BCUT2D eigenvalue weighted by Gasteiger charge is -2.22. The molecule has 3 N–H and O–H groups in total. The van der Waals surface area contributed by atoms with Gasteiger partial charge in [-0.05, 0) is 24.1 Å². The SMILES string of the molecule is CC(C)C(CN)Nc1cc(Br)ccc1F. The van der Waals surface area contributed by atoms with Gasteiger partial charge in [-0.3, -0.25) is 0 Å². The van der Waals surface area contributed by atoms with Crippen LogP contribution in [0.5, 0.6) is 0 Å². The zero-order chi connectivity index (χ0) is 11.4. The molecule has 1 atom stereocenters. The molecule has 2 nitrogen and oxygen atoms in total. The molecule has 0 aliphatic heterocycles. The maximum Gasteiger partial charge on any atom is 0.146 e. The number of anilines is 1. The van der Waals surface area contributed by atoms with Crippen molar-refractivity contribution in [2.75, 3.05) is 11.9 Å². The van der Waals surface area contributed by atoms with Crippen molar-refractivity contribution in [2.45, 2.75) is 19.9 Å². The van der Waals surface area contributed by atoms with Gasteiger partial charge in [0.2, 0.25) is 0 Å². The van der Waals surface area contributed by atoms with Crippen LogP contribution >= 0.6 is 15.9 Å². The fourth-order valence-corrected chi connectivity index (χ4v) is 1.67. The van der Waals surface area contributed by atoms with Gasteiger partial charge in [0.1, 0.15) is 5.82 Å². The van der Waals surface area contributed by atoms with Crippen molar-refractivity contribution in [3.63, 3.8) is 0 Å². The first-order chi connectivity index (χ1) is 7.04. The van der Waals surface area contributed by atoms with Crippen molar-refractivity contribution < 1.29 is 4.39 Å². The summed E-state index contributed by atoms with van der Waals surface area (Å²) in [5, 5.41) is 3.11. The van der Waals surface area contributed by atoms with E-state index in [1.807, 2.05) is 0 Å². The molecule has 0 saturated carbocycles. The molecule has 1 rings (SSSR count). The van der Waals surface area contributed by atoms with E-state index >= 15 is 0 Å². The summed E-state index contributed by atoms with van der Waals surface area (Å²) in [6, 6.07) is 4.92. The van der Waals surface area contributed by atoms with Gasteiger partial charge in [0.05, 0.1) is 5.69 Å². The van der Waals surface area contributed by atoms with E-state index in [4.69, 9.17) is 5.73 Å². The second-order valence-electron chi connectivity index (χ2n) is 3.85. The van der Waals surface area contributed by atoms with E-state index in [9.17, 15) is 4.39 Å². The minimum atomic E-state index is -0.252. The van der Waals surface area contributed by atoms with Crippen LogP contribution in [0, 0.1) is 11.7 Å². The second kappa shape index (κ2) is 5.47. The highest BCUT2D eigenvalue weighted by Gasteiger charge is 2.13. The number of halogens is 2. The van der Waals surface area contributed by atoms with Gasteiger partial charge in [0.25, 0.3) is 0 Å². The highest BCUT2D eigenvalue weighted by molar-refractivity contribution is 9.10. The van der Waals surface area contributed by atoms with Gasteiger partial charge in [-0.1, -0.05) is 29.8 Å². The molecule has 0 bridgehead atoms. The lowest BCUT2D eigenvalue weighted by atomic mass is 10.0. The fraction of sp³-hybridized carbons (Fsp3) is 0.455. The summed E-state index contributed by atoms with van der Waals surface area (Å²) in [5.41, 5.74) is 6.11. The van der Waals surface area contributed by atoms with Crippen molar-refractivity contribution in [1.29, 1.82) is 0 Å². The van der Waals surface area contributed by atoms with Crippen LogP contribution in [-0.4, -0.2) is 12.6 Å². The molecule has 0 amide bonds. The van der Waals surface area contributed by atoms with Crippen molar-refractivity contribution in [3.05, 3.63) is 28.5 Å². The van der Waals surface area contributed by atoms with Gasteiger partial charge in [0.15, 0.2) is 0 Å². The van der Waals surface area contributed by atoms with E-state index in [0.717, 1.165) is 4.47 Å². The van der Waals surface area contributed by atoms with E-state index in [1.54, 1.807) is 12.1 Å². The third kappa shape index (κ3) is 3.47. The van der Waals surface area contributed by atoms with Crippen LogP contribution in [0.1, 0.15) is 13.8 Å². The number of nitrogens with one attached hydrogen (secondary N) is 1. The van der Waals surface area contributed by atoms with Crippen LogP contribution in [0.4, 0.5) is 10.1 Å². The molecule has 1 unspecified atom stereocenters. The maximum atomic E-state index is 13.4. The smallest absolute Gasteiger partial charge is 0.146 e. The Morgan fingerprint density at radius 1 is 1.47 bits per heavy atom. The van der Waals surface area contributed by atoms with Crippen LogP contribution in [0.15, 0.2) is 22.7 Å². The summed E-state index contributed by atoms with van der Waals surface area (Å²) < 4.78 is 14.3. The molecule has 0 radical (unpaired) electrons. The molecule has 1 aromatic carbocycles. The van der Waals surface area contributed by atoms with Crippen LogP contribution < -0.4 is 11.1 Å². The third-order valence-electron chi connectivity index (χ3n) is 2.33. The fourth-order valence-electron chi connectivity index (χ4n) is 1.31. The molecule has 0 fully saturated rings. The number of rotatable bonds is 4. The molecule has 84 valence electrons. The minimum Gasteiger partial charge on any atom is -0.378 e. The molecular weight excluding hydrogens is 259 g/mol. The first-order valence-electron chi connectivity index (χ1n) is 4.96. The minimum absolute atomic E-state index is 0.0915. The van der Waals surface area contributed by atoms with E-state index in [1.165, 1.54) is 6.07 Å². The van der Waals surface area contributed by atoms with Crippen molar-refractivity contribution in [3.8, 4) is 0 Å². The summed E-state index contributed by atoms with van der Waals surface area (Å²) in [6.07, 6.45) is 0. The molecule has 0 aliphatic rings. The predicted octanol–water partition coefficient (Wildman–Crippen LogP) is 2.98. The molecule has 0 aliphatic carbocycles. The lowest BCUT2D eigenvalue weighted by molar-refractivity contribution is 0.526. The van der Waals surface area contributed by atoms with Crippen LogP contribution in [0.2, 0.25) is 0 Å². The van der Waals surface area contributed by atoms with E-state index in [-0.39, 0.29) is 11.9 Å². The second-order valence-corrected chi connectivity index (χ2v) is 4.77. The van der Waals surface area contributed by atoms with Crippen LogP contribution in [0.25, 0.3) is 0 Å². The maximum absolute atomic E-state index is 13.4. The van der Waals surface area contributed by atoms with Crippen molar-refractivity contribution >= 4 is 21.6 Å². The Morgan fingerprint density at radius 2 is 2.13 bits per heavy atom. The molecule has 0 heterocycles. The molecule has 15 heavy (non-hydrogen) atoms. The predicted molar refractivity (Wildman–Crippen MR) is 65.4 cm³/mol. The highest BCUT2D eigenvalue weighted by Crippen LogP contribution is 2.21. The van der Waals surface area contributed by atoms with Gasteiger partial charge in [-0.25, -0.2) is 4.39 Å². The largest absolute Gasteiger partial charge is 0.378 e. The monoisotopic (exact) mass is 274 g/mol. The van der Waals surface area contributed by atoms with Crippen LogP contribution in [0.3, 0.4) is 0 Å². The summed E-state index contributed by atoms with van der Waals surface area (Å²) in [7, 11) is 0. The molecule has 1 aromatic rings. The number of benzene rings is 1. The van der Waals surface area contributed by atoms with Gasteiger partial charge in [0, 0.05) is 17.1 Å². The average molecular weight is 275 g/mol. The lowest BCUT2D eigenvalue weighted by Crippen LogP contribution is -2.34. The van der Waals surface area contributed by atoms with Gasteiger partial charge in [-0.15, -0.1) is 0 Å². The first-order valence-corrected chi connectivity index (χ1v) is 5.75. The van der Waals surface area contributed by atoms with Crippen molar-refractivity contribution in [2.24, 2.45) is 11.7 Å². The zero-order valence-electron chi connectivity index (χ0n) is 8.93. The summed E-state index contributed by atoms with van der Waals surface area (Å²) >= 11 is 3.31. The third-order valence-corrected chi connectivity index (χ3v) is 2.82. The Morgan fingerprint density at radius 3 is 2.67 bits per heavy atom. The topological polar surface area (TPSA) is 38.0 Å². The number of hydrogen-bond donors (Lipinski definition) is 2. The quantitative estimate of drug-likeness (QED) is 0.886. The zero-order valence-corrected chi connectivity index (χ0v) is 10.5. The molecular formula is C11H16BrFN2. The van der Waals surface area contributed by atoms with Gasteiger partial charge < -0.3 is 11.1 Å². The van der Waals surface area contributed by atoms with Crippen molar-refractivity contribution in [1.82, 2.24) is 0 Å². The summed E-state index contributed by atoms with van der Waals surface area (Å²) in [4.78, 5) is 0. The molecule has 4 heteroatoms. The Bertz CT molecular complexity index is 328. The van der Waals surface area contributed by atoms with Gasteiger partial charge >= 0.3 is 0 Å². The highest BCUT2D eigenvalue weighted by atomic mass is 79.9. The normalized spacial score (nSPS) is 12.9. The summed E-state index contributed by atoms with van der Waals surface area (Å²) in [6.45, 7) is 4.60. The molecule has 0 spiro atoms. The number of hydrogen-bond acceptors (Lipinski definition) is 2. The Kier molecular flexibility index (Phi) is 4.54. The Labute approximate surface area is 98.2 Å². The Balaban J connectivity index is 2.82. The molecule has 0 saturated heterocycles. The standard InChI is InChI=1S/C11H16BrFN2/c1-7(2)11(6-14)15-10-5-8(12)3-4-9(10)13/h3-5,7,11,15H,6,14H2,1-2H3.